The lowest BCUT2D eigenvalue weighted by Crippen LogP contribution is -2.30. The number of nitriles is 1. The lowest BCUT2D eigenvalue weighted by atomic mass is 10.1. The molecule has 0 fully saturated rings. The number of amides is 1. The van der Waals surface area contributed by atoms with Crippen LogP contribution < -0.4 is 5.32 Å². The van der Waals surface area contributed by atoms with Crippen molar-refractivity contribution in [2.45, 2.75) is 33.8 Å². The predicted octanol–water partition coefficient (Wildman–Crippen LogP) is 5.54. The Kier molecular flexibility index (Phi) is 8.05. The second kappa shape index (κ2) is 11.0. The Bertz CT molecular complexity index is 1360. The van der Waals surface area contributed by atoms with Crippen molar-refractivity contribution in [2.24, 2.45) is 0 Å². The van der Waals surface area contributed by atoms with Crippen molar-refractivity contribution in [3.63, 3.8) is 0 Å². The van der Waals surface area contributed by atoms with Gasteiger partial charge in [-0.3, -0.25) is 9.59 Å². The highest BCUT2D eigenvalue weighted by atomic mass is 79.9. The molecule has 1 N–H and O–H groups in total. The predicted molar refractivity (Wildman–Crippen MR) is 137 cm³/mol. The molecule has 0 bridgehead atoms. The zero-order chi connectivity index (χ0) is 25.7. The number of ketones is 1. The molecule has 178 valence electrons. The number of aryl methyl sites for hydroxylation is 1. The van der Waals surface area contributed by atoms with E-state index in [1.165, 1.54) is 26.0 Å². The standard InChI is InChI=1S/C27H24BrN3O4/c1-16-12-21(17(2)31(16)25-10-8-23(28)9-11-25)13-22(15-29)27(34)35-19(4)26(33)30-24-7-5-6-20(14-24)18(3)32/h5-14,19H,1-4H3,(H,30,33)/b22-13+. The van der Waals surface area contributed by atoms with Gasteiger partial charge in [-0.25, -0.2) is 4.79 Å². The number of carbonyl (C=O) groups is 3. The highest BCUT2D eigenvalue weighted by Crippen LogP contribution is 2.24. The van der Waals surface area contributed by atoms with Gasteiger partial charge in [0.15, 0.2) is 11.9 Å². The first-order valence-electron chi connectivity index (χ1n) is 10.8. The molecule has 2 aromatic carbocycles. The number of anilines is 1. The fourth-order valence-electron chi connectivity index (χ4n) is 3.55. The van der Waals surface area contributed by atoms with E-state index < -0.39 is 18.0 Å². The smallest absolute Gasteiger partial charge is 0.349 e. The molecule has 1 unspecified atom stereocenters. The van der Waals surface area contributed by atoms with Gasteiger partial charge in [0.05, 0.1) is 0 Å². The summed E-state index contributed by atoms with van der Waals surface area (Å²) in [5.41, 5.74) is 4.05. The van der Waals surface area contributed by atoms with Crippen molar-refractivity contribution in [3.8, 4) is 11.8 Å². The number of benzene rings is 2. The van der Waals surface area contributed by atoms with Crippen molar-refractivity contribution in [3.05, 3.63) is 87.2 Å². The van der Waals surface area contributed by atoms with Crippen LogP contribution in [0.3, 0.4) is 0 Å². The van der Waals surface area contributed by atoms with Gasteiger partial charge in [0, 0.05) is 32.8 Å². The van der Waals surface area contributed by atoms with E-state index in [2.05, 4.69) is 21.2 Å². The Morgan fingerprint density at radius 3 is 2.43 bits per heavy atom. The van der Waals surface area contributed by atoms with Crippen molar-refractivity contribution in [2.75, 3.05) is 5.32 Å². The van der Waals surface area contributed by atoms with Crippen molar-refractivity contribution in [1.29, 1.82) is 5.26 Å². The summed E-state index contributed by atoms with van der Waals surface area (Å²) >= 11 is 3.43. The first kappa shape index (κ1) is 25.7. The van der Waals surface area contributed by atoms with Gasteiger partial charge in [-0.05, 0) is 81.8 Å². The number of Topliss-reactive ketones (excluding diaryl/α,β-unsaturated/α-hetero) is 1. The molecule has 1 atom stereocenters. The molecular formula is C27H24BrN3O4. The summed E-state index contributed by atoms with van der Waals surface area (Å²) < 4.78 is 8.22. The first-order chi connectivity index (χ1) is 16.6. The Hall–Kier alpha value is -3.96. The van der Waals surface area contributed by atoms with Gasteiger partial charge in [0.2, 0.25) is 0 Å². The number of ether oxygens (including phenoxy) is 1. The lowest BCUT2D eigenvalue weighted by Gasteiger charge is -2.13. The molecule has 3 rings (SSSR count). The van der Waals surface area contributed by atoms with E-state index in [1.807, 2.05) is 54.8 Å². The van der Waals surface area contributed by atoms with E-state index in [1.54, 1.807) is 18.2 Å². The van der Waals surface area contributed by atoms with Gasteiger partial charge in [0.25, 0.3) is 5.91 Å². The first-order valence-corrected chi connectivity index (χ1v) is 11.6. The molecule has 3 aromatic rings. The normalized spacial score (nSPS) is 11.9. The Labute approximate surface area is 212 Å². The molecular weight excluding hydrogens is 510 g/mol. The molecule has 1 heterocycles. The van der Waals surface area contributed by atoms with Crippen LogP contribution in [-0.2, 0) is 14.3 Å². The minimum absolute atomic E-state index is 0.135. The number of aromatic nitrogens is 1. The molecule has 8 heteroatoms. The molecule has 7 nitrogen and oxygen atoms in total. The maximum absolute atomic E-state index is 12.7. The molecule has 0 radical (unpaired) electrons. The van der Waals surface area contributed by atoms with Crippen molar-refractivity contribution in [1.82, 2.24) is 4.57 Å². The summed E-state index contributed by atoms with van der Waals surface area (Å²) in [7, 11) is 0. The van der Waals surface area contributed by atoms with Crippen LogP contribution in [0.5, 0.6) is 0 Å². The summed E-state index contributed by atoms with van der Waals surface area (Å²) in [6.45, 7) is 6.67. The van der Waals surface area contributed by atoms with Gasteiger partial charge >= 0.3 is 5.97 Å². The van der Waals surface area contributed by atoms with Crippen LogP contribution in [0.15, 0.2) is 64.6 Å². The molecule has 1 amide bonds. The molecule has 0 saturated heterocycles. The topological polar surface area (TPSA) is 101 Å². The largest absolute Gasteiger partial charge is 0.448 e. The number of hydrogen-bond acceptors (Lipinski definition) is 5. The maximum atomic E-state index is 12.7. The average Bonchev–Trinajstić information content (AvgIpc) is 3.10. The summed E-state index contributed by atoms with van der Waals surface area (Å²) in [4.78, 5) is 36.7. The van der Waals surface area contributed by atoms with Gasteiger partial charge in [0.1, 0.15) is 11.6 Å². The third kappa shape index (κ3) is 6.14. The zero-order valence-electron chi connectivity index (χ0n) is 19.8. The number of nitrogens with one attached hydrogen (secondary N) is 1. The van der Waals surface area contributed by atoms with E-state index in [-0.39, 0.29) is 11.4 Å². The van der Waals surface area contributed by atoms with Gasteiger partial charge < -0.3 is 14.6 Å². The third-order valence-corrected chi connectivity index (χ3v) is 5.91. The molecule has 35 heavy (non-hydrogen) atoms. The Balaban J connectivity index is 1.76. The van der Waals surface area contributed by atoms with Crippen LogP contribution in [0.4, 0.5) is 5.69 Å². The molecule has 0 spiro atoms. The second-order valence-electron chi connectivity index (χ2n) is 7.98. The number of hydrogen-bond donors (Lipinski definition) is 1. The van der Waals surface area contributed by atoms with E-state index in [0.29, 0.717) is 16.8 Å². The van der Waals surface area contributed by atoms with Gasteiger partial charge in [-0.15, -0.1) is 0 Å². The van der Waals surface area contributed by atoms with Crippen LogP contribution in [0.2, 0.25) is 0 Å². The molecule has 0 aliphatic rings. The van der Waals surface area contributed by atoms with Crippen LogP contribution in [0, 0.1) is 25.2 Å². The molecule has 0 aliphatic heterocycles. The van der Waals surface area contributed by atoms with Gasteiger partial charge in [-0.1, -0.05) is 28.1 Å². The fourth-order valence-corrected chi connectivity index (χ4v) is 3.82. The van der Waals surface area contributed by atoms with E-state index in [4.69, 9.17) is 4.74 Å². The SMILES string of the molecule is CC(=O)c1cccc(NC(=O)C(C)OC(=O)/C(C#N)=C/c2cc(C)n(-c3ccc(Br)cc3)c2C)c1. The third-order valence-electron chi connectivity index (χ3n) is 5.38. The van der Waals surface area contributed by atoms with Crippen molar-refractivity contribution >= 4 is 45.4 Å². The number of rotatable bonds is 7. The summed E-state index contributed by atoms with van der Waals surface area (Å²) in [5.74, 6) is -1.62. The number of esters is 1. The van der Waals surface area contributed by atoms with Gasteiger partial charge in [-0.2, -0.15) is 5.26 Å². The maximum Gasteiger partial charge on any atom is 0.349 e. The van der Waals surface area contributed by atoms with Crippen LogP contribution in [-0.4, -0.2) is 28.3 Å². The minimum atomic E-state index is -1.16. The minimum Gasteiger partial charge on any atom is -0.448 e. The average molecular weight is 534 g/mol. The van der Waals surface area contributed by atoms with Crippen LogP contribution >= 0.6 is 15.9 Å². The van der Waals surface area contributed by atoms with E-state index >= 15 is 0 Å². The highest BCUT2D eigenvalue weighted by Gasteiger charge is 2.22. The Morgan fingerprint density at radius 2 is 1.80 bits per heavy atom. The summed E-state index contributed by atoms with van der Waals surface area (Å²) in [5, 5.41) is 12.2. The number of halogens is 1. The quantitative estimate of drug-likeness (QED) is 0.186. The summed E-state index contributed by atoms with van der Waals surface area (Å²) in [6.07, 6.45) is 0.302. The zero-order valence-corrected chi connectivity index (χ0v) is 21.3. The van der Waals surface area contributed by atoms with E-state index in [0.717, 1.165) is 21.5 Å². The summed E-state index contributed by atoms with van der Waals surface area (Å²) in [6, 6.07) is 18.0. The molecule has 1 aromatic heterocycles. The van der Waals surface area contributed by atoms with Crippen LogP contribution in [0.25, 0.3) is 11.8 Å². The number of carbonyl (C=O) groups excluding carboxylic acids is 3. The molecule has 0 saturated carbocycles. The Morgan fingerprint density at radius 1 is 1.11 bits per heavy atom. The second-order valence-corrected chi connectivity index (χ2v) is 8.90. The lowest BCUT2D eigenvalue weighted by molar-refractivity contribution is -0.148. The highest BCUT2D eigenvalue weighted by molar-refractivity contribution is 9.10. The molecule has 0 aliphatic carbocycles. The number of nitrogens with zero attached hydrogens (tertiary/aromatic N) is 2. The van der Waals surface area contributed by atoms with E-state index in [9.17, 15) is 19.6 Å². The van der Waals surface area contributed by atoms with Crippen molar-refractivity contribution < 1.29 is 19.1 Å². The monoisotopic (exact) mass is 533 g/mol. The van der Waals surface area contributed by atoms with Crippen LogP contribution in [0.1, 0.15) is 41.2 Å². The fraction of sp³-hybridized carbons (Fsp3) is 0.185.